The summed E-state index contributed by atoms with van der Waals surface area (Å²) >= 11 is 1.53. The van der Waals surface area contributed by atoms with E-state index in [1.54, 1.807) is 12.1 Å². The number of para-hydroxylation sites is 1. The van der Waals surface area contributed by atoms with Gasteiger partial charge in [0.2, 0.25) is 0 Å². The van der Waals surface area contributed by atoms with Gasteiger partial charge in [0.05, 0.1) is 4.92 Å². The molecule has 2 aromatic rings. The lowest BCUT2D eigenvalue weighted by Gasteiger charge is -2.09. The molecule has 0 aliphatic carbocycles. The fourth-order valence-electron chi connectivity index (χ4n) is 1.93. The van der Waals surface area contributed by atoms with Gasteiger partial charge in [-0.25, -0.2) is 0 Å². The lowest BCUT2D eigenvalue weighted by atomic mass is 10.1. The average Bonchev–Trinajstić information content (AvgIpc) is 2.98. The number of nitrogens with zero attached hydrogens (tertiary/aromatic N) is 1. The molecule has 0 aliphatic heterocycles. The maximum absolute atomic E-state index is 12.2. The van der Waals surface area contributed by atoms with Gasteiger partial charge in [-0.2, -0.15) is 11.3 Å². The zero-order valence-electron chi connectivity index (χ0n) is 11.5. The van der Waals surface area contributed by atoms with Gasteiger partial charge in [0.1, 0.15) is 11.3 Å². The summed E-state index contributed by atoms with van der Waals surface area (Å²) < 4.78 is 0. The Morgan fingerprint density at radius 1 is 1.38 bits per heavy atom. The number of nitro benzene ring substituents is 1. The van der Waals surface area contributed by atoms with Gasteiger partial charge in [-0.3, -0.25) is 14.9 Å². The van der Waals surface area contributed by atoms with E-state index in [0.717, 1.165) is 5.56 Å². The maximum Gasteiger partial charge on any atom is 0.305 e. The number of benzene rings is 1. The van der Waals surface area contributed by atoms with Crippen molar-refractivity contribution in [1.29, 1.82) is 0 Å². The van der Waals surface area contributed by atoms with E-state index in [4.69, 9.17) is 0 Å². The van der Waals surface area contributed by atoms with Crippen LogP contribution < -0.4 is 10.6 Å². The van der Waals surface area contributed by atoms with E-state index >= 15 is 0 Å². The first-order valence-corrected chi connectivity index (χ1v) is 7.38. The first-order valence-electron chi connectivity index (χ1n) is 6.44. The van der Waals surface area contributed by atoms with Crippen molar-refractivity contribution in [3.8, 4) is 0 Å². The number of rotatable bonds is 6. The number of carbonyl (C=O) groups excluding carboxylic acids is 1. The van der Waals surface area contributed by atoms with E-state index in [9.17, 15) is 14.9 Å². The summed E-state index contributed by atoms with van der Waals surface area (Å²) in [5.74, 6) is -0.451. The third-order valence-corrected chi connectivity index (χ3v) is 3.60. The van der Waals surface area contributed by atoms with Crippen LogP contribution in [0.2, 0.25) is 0 Å². The van der Waals surface area contributed by atoms with Crippen molar-refractivity contribution in [3.63, 3.8) is 0 Å². The molecule has 2 rings (SSSR count). The van der Waals surface area contributed by atoms with Crippen LogP contribution >= 0.6 is 11.3 Å². The van der Waals surface area contributed by atoms with Gasteiger partial charge in [0.25, 0.3) is 5.91 Å². The van der Waals surface area contributed by atoms with Crippen molar-refractivity contribution in [2.75, 3.05) is 11.9 Å². The number of thiophene rings is 1. The second-order valence-corrected chi connectivity index (χ2v) is 5.08. The van der Waals surface area contributed by atoms with Crippen molar-refractivity contribution in [2.24, 2.45) is 0 Å². The summed E-state index contributed by atoms with van der Waals surface area (Å²) in [6.07, 6.45) is 0. The average molecular weight is 305 g/mol. The van der Waals surface area contributed by atoms with Crippen LogP contribution in [0.15, 0.2) is 35.0 Å². The predicted octanol–water partition coefficient (Wildman–Crippen LogP) is 3.02. The lowest BCUT2D eigenvalue weighted by Crippen LogP contribution is -2.23. The monoisotopic (exact) mass is 305 g/mol. The molecule has 6 nitrogen and oxygen atoms in total. The number of nitrogens with one attached hydrogen (secondary N) is 2. The first kappa shape index (κ1) is 15.0. The molecule has 0 aliphatic rings. The topological polar surface area (TPSA) is 84.3 Å². The van der Waals surface area contributed by atoms with Crippen LogP contribution in [-0.2, 0) is 6.54 Å². The highest BCUT2D eigenvalue weighted by Crippen LogP contribution is 2.28. The second-order valence-electron chi connectivity index (χ2n) is 4.30. The number of amides is 1. The molecule has 0 fully saturated rings. The van der Waals surface area contributed by atoms with Crippen molar-refractivity contribution in [1.82, 2.24) is 5.32 Å². The smallest absolute Gasteiger partial charge is 0.305 e. The Morgan fingerprint density at radius 3 is 2.81 bits per heavy atom. The van der Waals surface area contributed by atoms with Gasteiger partial charge in [-0.15, -0.1) is 0 Å². The molecule has 0 saturated heterocycles. The minimum absolute atomic E-state index is 0.0636. The molecule has 2 N–H and O–H groups in total. The Balaban J connectivity index is 2.23. The van der Waals surface area contributed by atoms with Crippen LogP contribution in [0.3, 0.4) is 0 Å². The molecule has 0 saturated carbocycles. The summed E-state index contributed by atoms with van der Waals surface area (Å²) in [5.41, 5.74) is 1.19. The molecule has 0 spiro atoms. The van der Waals surface area contributed by atoms with Gasteiger partial charge >= 0.3 is 5.69 Å². The molecular formula is C14H15N3O3S. The maximum atomic E-state index is 12.2. The number of hydrogen-bond donors (Lipinski definition) is 2. The normalized spacial score (nSPS) is 10.1. The van der Waals surface area contributed by atoms with E-state index in [-0.39, 0.29) is 11.3 Å². The molecule has 0 radical (unpaired) electrons. The molecular weight excluding hydrogens is 290 g/mol. The standard InChI is InChI=1S/C14H15N3O3S/c1-2-15-12-5-3-4-11(13(12)17(19)20)14(18)16-8-10-6-7-21-9-10/h3-7,9,15H,2,8H2,1H3,(H,16,18). The first-order chi connectivity index (χ1) is 10.1. The van der Waals surface area contributed by atoms with Crippen LogP contribution in [0.5, 0.6) is 0 Å². The largest absolute Gasteiger partial charge is 0.380 e. The van der Waals surface area contributed by atoms with E-state index in [0.29, 0.717) is 18.8 Å². The zero-order chi connectivity index (χ0) is 15.2. The number of carbonyl (C=O) groups is 1. The highest BCUT2D eigenvalue weighted by Gasteiger charge is 2.23. The van der Waals surface area contributed by atoms with Gasteiger partial charge in [-0.1, -0.05) is 6.07 Å². The third-order valence-electron chi connectivity index (χ3n) is 2.86. The second kappa shape index (κ2) is 6.85. The van der Waals surface area contributed by atoms with Crippen molar-refractivity contribution < 1.29 is 9.72 Å². The summed E-state index contributed by atoms with van der Waals surface area (Å²) in [7, 11) is 0. The third kappa shape index (κ3) is 3.57. The highest BCUT2D eigenvalue weighted by atomic mass is 32.1. The van der Waals surface area contributed by atoms with Gasteiger partial charge in [-0.05, 0) is 41.4 Å². The number of nitro groups is 1. The molecule has 0 unspecified atom stereocenters. The van der Waals surface area contributed by atoms with E-state index in [1.807, 2.05) is 23.8 Å². The minimum atomic E-state index is -0.530. The van der Waals surface area contributed by atoms with Crippen molar-refractivity contribution >= 4 is 28.6 Å². The Kier molecular flexibility index (Phi) is 4.89. The molecule has 1 amide bonds. The SMILES string of the molecule is CCNc1cccc(C(=O)NCc2ccsc2)c1[N+](=O)[O-]. The van der Waals surface area contributed by atoms with Crippen LogP contribution in [0.25, 0.3) is 0 Å². The summed E-state index contributed by atoms with van der Waals surface area (Å²) in [5, 5.41) is 20.7. The van der Waals surface area contributed by atoms with Crippen LogP contribution in [0, 0.1) is 10.1 Å². The van der Waals surface area contributed by atoms with E-state index in [1.165, 1.54) is 17.4 Å². The summed E-state index contributed by atoms with van der Waals surface area (Å²) in [6.45, 7) is 2.73. The van der Waals surface area contributed by atoms with Crippen molar-refractivity contribution in [3.05, 3.63) is 56.3 Å². The quantitative estimate of drug-likeness (QED) is 0.634. The number of anilines is 1. The van der Waals surface area contributed by atoms with Crippen LogP contribution in [0.1, 0.15) is 22.8 Å². The summed E-state index contributed by atoms with van der Waals surface area (Å²) in [6, 6.07) is 6.58. The molecule has 0 bridgehead atoms. The predicted molar refractivity (Wildman–Crippen MR) is 82.7 cm³/mol. The van der Waals surface area contributed by atoms with E-state index in [2.05, 4.69) is 10.6 Å². The van der Waals surface area contributed by atoms with Gasteiger partial charge < -0.3 is 10.6 Å². The van der Waals surface area contributed by atoms with Gasteiger partial charge in [0.15, 0.2) is 0 Å². The van der Waals surface area contributed by atoms with Crippen LogP contribution in [-0.4, -0.2) is 17.4 Å². The fourth-order valence-corrected chi connectivity index (χ4v) is 2.60. The molecule has 1 aromatic heterocycles. The molecule has 7 heteroatoms. The Labute approximate surface area is 126 Å². The highest BCUT2D eigenvalue weighted by molar-refractivity contribution is 7.07. The molecule has 0 atom stereocenters. The fraction of sp³-hybridized carbons (Fsp3) is 0.214. The molecule has 21 heavy (non-hydrogen) atoms. The molecule has 110 valence electrons. The number of hydrogen-bond acceptors (Lipinski definition) is 5. The Morgan fingerprint density at radius 2 is 2.19 bits per heavy atom. The lowest BCUT2D eigenvalue weighted by molar-refractivity contribution is -0.384. The van der Waals surface area contributed by atoms with Crippen LogP contribution in [0.4, 0.5) is 11.4 Å². The van der Waals surface area contributed by atoms with Crippen molar-refractivity contribution in [2.45, 2.75) is 13.5 Å². The zero-order valence-corrected chi connectivity index (χ0v) is 12.3. The van der Waals surface area contributed by atoms with Gasteiger partial charge in [0, 0.05) is 13.1 Å². The summed E-state index contributed by atoms with van der Waals surface area (Å²) in [4.78, 5) is 22.9. The Hall–Kier alpha value is -2.41. The van der Waals surface area contributed by atoms with E-state index < -0.39 is 10.8 Å². The minimum Gasteiger partial charge on any atom is -0.380 e. The Bertz CT molecular complexity index is 641. The molecule has 1 aromatic carbocycles. The molecule has 1 heterocycles.